The molecular weight excluding hydrogens is 227 g/mol. The molecule has 6 nitrogen and oxygen atoms in total. The highest BCUT2D eigenvalue weighted by molar-refractivity contribution is 5.93. The van der Waals surface area contributed by atoms with Gasteiger partial charge in [0.05, 0.1) is 24.3 Å². The summed E-state index contributed by atoms with van der Waals surface area (Å²) >= 11 is 0. The number of rotatable bonds is 3. The third-order valence-electron chi connectivity index (χ3n) is 1.91. The maximum atomic E-state index is 12.9. The van der Waals surface area contributed by atoms with Gasteiger partial charge in [-0.3, -0.25) is 0 Å². The van der Waals surface area contributed by atoms with Crippen LogP contribution >= 0.6 is 0 Å². The van der Waals surface area contributed by atoms with Crippen molar-refractivity contribution in [1.82, 2.24) is 15.0 Å². The number of anilines is 2. The number of aromatic carboxylic acids is 1. The number of carboxylic acids is 1. The molecule has 2 aromatic rings. The van der Waals surface area contributed by atoms with Crippen LogP contribution < -0.4 is 5.32 Å². The fourth-order valence-electron chi connectivity index (χ4n) is 1.20. The van der Waals surface area contributed by atoms with Gasteiger partial charge in [0.15, 0.2) is 0 Å². The predicted octanol–water partition coefficient (Wildman–Crippen LogP) is 1.45. The Bertz CT molecular complexity index is 547. The summed E-state index contributed by atoms with van der Waals surface area (Å²) in [6.07, 6.45) is 5.16. The molecule has 0 aliphatic rings. The van der Waals surface area contributed by atoms with Gasteiger partial charge in [-0.05, 0) is 6.07 Å². The molecule has 0 saturated heterocycles. The lowest BCUT2D eigenvalue weighted by Gasteiger charge is -2.07. The molecule has 2 rings (SSSR count). The van der Waals surface area contributed by atoms with Gasteiger partial charge < -0.3 is 10.4 Å². The fourth-order valence-corrected chi connectivity index (χ4v) is 1.20. The van der Waals surface area contributed by atoms with Crippen molar-refractivity contribution in [3.63, 3.8) is 0 Å². The van der Waals surface area contributed by atoms with Crippen molar-refractivity contribution >= 4 is 17.5 Å². The van der Waals surface area contributed by atoms with E-state index in [0.717, 1.165) is 12.3 Å². The Kier molecular flexibility index (Phi) is 2.91. The van der Waals surface area contributed by atoms with Crippen LogP contribution in [-0.4, -0.2) is 26.0 Å². The van der Waals surface area contributed by atoms with E-state index in [0.29, 0.717) is 5.69 Å². The highest BCUT2D eigenvalue weighted by atomic mass is 19.1. The third-order valence-corrected chi connectivity index (χ3v) is 1.91. The first-order chi connectivity index (χ1) is 8.16. The van der Waals surface area contributed by atoms with Gasteiger partial charge in [0.25, 0.3) is 0 Å². The second-order valence-electron chi connectivity index (χ2n) is 3.11. The van der Waals surface area contributed by atoms with Crippen molar-refractivity contribution in [2.45, 2.75) is 0 Å². The summed E-state index contributed by atoms with van der Waals surface area (Å²) in [5.74, 6) is -1.94. The molecule has 2 heterocycles. The maximum Gasteiger partial charge on any atom is 0.339 e. The number of nitrogens with zero attached hydrogens (tertiary/aromatic N) is 3. The smallest absolute Gasteiger partial charge is 0.339 e. The molecule has 86 valence electrons. The maximum absolute atomic E-state index is 12.9. The average molecular weight is 234 g/mol. The van der Waals surface area contributed by atoms with Gasteiger partial charge in [0.2, 0.25) is 0 Å². The monoisotopic (exact) mass is 234 g/mol. The second kappa shape index (κ2) is 4.52. The zero-order valence-electron chi connectivity index (χ0n) is 8.46. The van der Waals surface area contributed by atoms with Crippen LogP contribution in [0, 0.1) is 5.82 Å². The summed E-state index contributed by atoms with van der Waals surface area (Å²) in [4.78, 5) is 22.1. The third kappa shape index (κ3) is 2.51. The summed E-state index contributed by atoms with van der Waals surface area (Å²) in [5, 5.41) is 11.6. The minimum absolute atomic E-state index is 0.0358. The molecule has 0 amide bonds. The van der Waals surface area contributed by atoms with Crippen LogP contribution in [0.1, 0.15) is 10.4 Å². The van der Waals surface area contributed by atoms with Gasteiger partial charge >= 0.3 is 5.97 Å². The van der Waals surface area contributed by atoms with E-state index in [2.05, 4.69) is 20.3 Å². The highest BCUT2D eigenvalue weighted by Crippen LogP contribution is 2.17. The van der Waals surface area contributed by atoms with E-state index in [1.807, 2.05) is 0 Å². The molecule has 0 atom stereocenters. The molecule has 0 saturated carbocycles. The fraction of sp³-hybridized carbons (Fsp3) is 0. The number of carboxylic acid groups (broad SMARTS) is 1. The zero-order chi connectivity index (χ0) is 12.3. The van der Waals surface area contributed by atoms with E-state index >= 15 is 0 Å². The Hall–Kier alpha value is -2.57. The Balaban J connectivity index is 2.36. The van der Waals surface area contributed by atoms with Gasteiger partial charge in [-0.2, -0.15) is 0 Å². The van der Waals surface area contributed by atoms with E-state index in [1.54, 1.807) is 0 Å². The minimum Gasteiger partial charge on any atom is -0.478 e. The van der Waals surface area contributed by atoms with Gasteiger partial charge in [-0.15, -0.1) is 0 Å². The standard InChI is InChI=1S/C10H7FN4O2/c11-6-1-8(10(16)17)9(14-2-6)15-7-3-12-5-13-4-7/h1-5H,(H,14,15)(H,16,17). The Morgan fingerprint density at radius 1 is 1.29 bits per heavy atom. The Labute approximate surface area is 95.2 Å². The van der Waals surface area contributed by atoms with Crippen molar-refractivity contribution in [3.8, 4) is 0 Å². The van der Waals surface area contributed by atoms with Crippen LogP contribution in [0.25, 0.3) is 0 Å². The number of halogens is 1. The lowest BCUT2D eigenvalue weighted by Crippen LogP contribution is -2.05. The van der Waals surface area contributed by atoms with Crippen molar-refractivity contribution in [1.29, 1.82) is 0 Å². The lowest BCUT2D eigenvalue weighted by molar-refractivity contribution is 0.0697. The summed E-state index contributed by atoms with van der Waals surface area (Å²) in [6, 6.07) is 0.890. The number of carbonyl (C=O) groups is 1. The molecule has 0 aromatic carbocycles. The molecule has 0 fully saturated rings. The van der Waals surface area contributed by atoms with Crippen molar-refractivity contribution in [2.75, 3.05) is 5.32 Å². The SMILES string of the molecule is O=C(O)c1cc(F)cnc1Nc1cncnc1. The van der Waals surface area contributed by atoms with Crippen molar-refractivity contribution in [2.24, 2.45) is 0 Å². The van der Waals surface area contributed by atoms with E-state index in [9.17, 15) is 9.18 Å². The minimum atomic E-state index is -1.27. The molecule has 0 spiro atoms. The van der Waals surface area contributed by atoms with Crippen LogP contribution in [0.2, 0.25) is 0 Å². The molecular formula is C10H7FN4O2. The van der Waals surface area contributed by atoms with Crippen molar-refractivity contribution < 1.29 is 14.3 Å². The highest BCUT2D eigenvalue weighted by Gasteiger charge is 2.13. The zero-order valence-corrected chi connectivity index (χ0v) is 8.46. The molecule has 0 aliphatic carbocycles. The number of aromatic nitrogens is 3. The molecule has 2 aromatic heterocycles. The van der Waals surface area contributed by atoms with Gasteiger partial charge in [-0.25, -0.2) is 24.1 Å². The van der Waals surface area contributed by atoms with Crippen molar-refractivity contribution in [3.05, 3.63) is 42.4 Å². The first-order valence-corrected chi connectivity index (χ1v) is 4.57. The van der Waals surface area contributed by atoms with Gasteiger partial charge in [-0.1, -0.05) is 0 Å². The van der Waals surface area contributed by atoms with Crippen LogP contribution in [0.15, 0.2) is 31.0 Å². The molecule has 7 heteroatoms. The number of hydrogen-bond acceptors (Lipinski definition) is 5. The second-order valence-corrected chi connectivity index (χ2v) is 3.11. The summed E-state index contributed by atoms with van der Waals surface area (Å²) in [5.41, 5.74) is 0.211. The van der Waals surface area contributed by atoms with Crippen LogP contribution in [0.5, 0.6) is 0 Å². The Morgan fingerprint density at radius 2 is 2.00 bits per heavy atom. The molecule has 0 unspecified atom stereocenters. The van der Waals surface area contributed by atoms with Gasteiger partial charge in [0.1, 0.15) is 23.5 Å². The molecule has 0 aliphatic heterocycles. The van der Waals surface area contributed by atoms with E-state index in [4.69, 9.17) is 5.11 Å². The van der Waals surface area contributed by atoms with Crippen LogP contribution in [0.4, 0.5) is 15.9 Å². The first kappa shape index (κ1) is 10.9. The lowest BCUT2D eigenvalue weighted by atomic mass is 10.2. The van der Waals surface area contributed by atoms with Gasteiger partial charge in [0, 0.05) is 0 Å². The van der Waals surface area contributed by atoms with E-state index in [1.165, 1.54) is 18.7 Å². The predicted molar refractivity (Wildman–Crippen MR) is 56.5 cm³/mol. The molecule has 0 radical (unpaired) electrons. The molecule has 2 N–H and O–H groups in total. The molecule has 17 heavy (non-hydrogen) atoms. The Morgan fingerprint density at radius 3 is 2.65 bits per heavy atom. The number of pyridine rings is 1. The number of hydrogen-bond donors (Lipinski definition) is 2. The van der Waals surface area contributed by atoms with Crippen LogP contribution in [-0.2, 0) is 0 Å². The first-order valence-electron chi connectivity index (χ1n) is 4.57. The average Bonchev–Trinajstić information content (AvgIpc) is 2.32. The largest absolute Gasteiger partial charge is 0.478 e. The van der Waals surface area contributed by atoms with E-state index < -0.39 is 11.8 Å². The summed E-state index contributed by atoms with van der Waals surface area (Å²) in [7, 11) is 0. The van der Waals surface area contributed by atoms with E-state index in [-0.39, 0.29) is 11.4 Å². The topological polar surface area (TPSA) is 88.0 Å². The summed E-state index contributed by atoms with van der Waals surface area (Å²) < 4.78 is 12.9. The molecule has 0 bridgehead atoms. The van der Waals surface area contributed by atoms with Crippen LogP contribution in [0.3, 0.4) is 0 Å². The quantitative estimate of drug-likeness (QED) is 0.835. The number of nitrogens with one attached hydrogen (secondary N) is 1. The summed E-state index contributed by atoms with van der Waals surface area (Å²) in [6.45, 7) is 0. The normalized spacial score (nSPS) is 9.94.